The predicted octanol–water partition coefficient (Wildman–Crippen LogP) is 2.09. The Labute approximate surface area is 141 Å². The number of hydrogen-bond donors (Lipinski definition) is 1. The molecule has 1 N–H and O–H groups in total. The summed E-state index contributed by atoms with van der Waals surface area (Å²) in [6.07, 6.45) is 8.60. The van der Waals surface area contributed by atoms with Gasteiger partial charge in [-0.25, -0.2) is 9.07 Å². The molecule has 0 bridgehead atoms. The zero-order chi connectivity index (χ0) is 16.4. The van der Waals surface area contributed by atoms with Crippen LogP contribution in [0.5, 0.6) is 0 Å². The second kappa shape index (κ2) is 6.97. The maximum atomic E-state index is 13.4. The van der Waals surface area contributed by atoms with Gasteiger partial charge in [-0.3, -0.25) is 0 Å². The van der Waals surface area contributed by atoms with Crippen molar-refractivity contribution < 1.29 is 9.29 Å². The van der Waals surface area contributed by atoms with Crippen molar-refractivity contribution in [3.05, 3.63) is 41.5 Å². The molecule has 2 fully saturated rings. The van der Waals surface area contributed by atoms with E-state index >= 15 is 0 Å². The number of aromatic nitrogens is 4. The Balaban J connectivity index is 1.71. The molecule has 0 radical (unpaired) electrons. The summed E-state index contributed by atoms with van der Waals surface area (Å²) >= 11 is 0. The molecule has 2 aromatic rings. The SMILES string of the molecule is Fc1ccc([C@@H](c2nnnn2C2CCCCC2)[NH+]2CCCC2)cc1. The largest absolute Gasteiger partial charge is 0.322 e. The summed E-state index contributed by atoms with van der Waals surface area (Å²) in [6.45, 7) is 2.25. The predicted molar refractivity (Wildman–Crippen MR) is 88.1 cm³/mol. The van der Waals surface area contributed by atoms with E-state index < -0.39 is 0 Å². The lowest BCUT2D eigenvalue weighted by atomic mass is 9.95. The Morgan fingerprint density at radius 3 is 2.42 bits per heavy atom. The third kappa shape index (κ3) is 3.07. The number of tetrazole rings is 1. The number of halogens is 1. The summed E-state index contributed by atoms with van der Waals surface area (Å²) in [5, 5.41) is 12.8. The molecule has 24 heavy (non-hydrogen) atoms. The van der Waals surface area contributed by atoms with Crippen LogP contribution in [0.25, 0.3) is 0 Å². The van der Waals surface area contributed by atoms with E-state index in [1.807, 2.05) is 12.1 Å². The van der Waals surface area contributed by atoms with Crippen LogP contribution in [0.3, 0.4) is 0 Å². The van der Waals surface area contributed by atoms with Crippen LogP contribution in [0.2, 0.25) is 0 Å². The van der Waals surface area contributed by atoms with E-state index in [2.05, 4.69) is 20.2 Å². The molecule has 1 aliphatic heterocycles. The summed E-state index contributed by atoms with van der Waals surface area (Å²) in [7, 11) is 0. The topological polar surface area (TPSA) is 48.0 Å². The highest BCUT2D eigenvalue weighted by atomic mass is 19.1. The highest BCUT2D eigenvalue weighted by Crippen LogP contribution is 2.30. The van der Waals surface area contributed by atoms with Crippen molar-refractivity contribution in [2.24, 2.45) is 0 Å². The van der Waals surface area contributed by atoms with Crippen molar-refractivity contribution in [1.29, 1.82) is 0 Å². The zero-order valence-corrected chi connectivity index (χ0v) is 14.0. The van der Waals surface area contributed by atoms with Crippen LogP contribution in [0.4, 0.5) is 4.39 Å². The lowest BCUT2D eigenvalue weighted by Gasteiger charge is -2.27. The third-order valence-corrected chi connectivity index (χ3v) is 5.55. The van der Waals surface area contributed by atoms with Gasteiger partial charge in [-0.2, -0.15) is 0 Å². The zero-order valence-electron chi connectivity index (χ0n) is 14.0. The highest BCUT2D eigenvalue weighted by molar-refractivity contribution is 5.23. The van der Waals surface area contributed by atoms with Crippen LogP contribution >= 0.6 is 0 Å². The van der Waals surface area contributed by atoms with Gasteiger partial charge < -0.3 is 4.90 Å². The van der Waals surface area contributed by atoms with Crippen LogP contribution in [-0.2, 0) is 0 Å². The fraction of sp³-hybridized carbons (Fsp3) is 0.611. The molecule has 1 aromatic heterocycles. The van der Waals surface area contributed by atoms with E-state index in [9.17, 15) is 4.39 Å². The monoisotopic (exact) mass is 330 g/mol. The molecule has 0 spiro atoms. The highest BCUT2D eigenvalue weighted by Gasteiger charge is 2.35. The normalized spacial score (nSPS) is 21.2. The van der Waals surface area contributed by atoms with E-state index in [1.54, 1.807) is 12.1 Å². The first-order chi connectivity index (χ1) is 11.8. The summed E-state index contributed by atoms with van der Waals surface area (Å²) in [5.74, 6) is 0.756. The molecule has 1 atom stereocenters. The number of hydrogen-bond acceptors (Lipinski definition) is 3. The van der Waals surface area contributed by atoms with Gasteiger partial charge in [0.05, 0.1) is 19.1 Å². The van der Waals surface area contributed by atoms with Crippen LogP contribution < -0.4 is 4.90 Å². The van der Waals surface area contributed by atoms with Crippen molar-refractivity contribution in [2.45, 2.75) is 57.0 Å². The molecule has 0 unspecified atom stereocenters. The van der Waals surface area contributed by atoms with Gasteiger partial charge in [0, 0.05) is 18.4 Å². The maximum absolute atomic E-state index is 13.4. The molecular weight excluding hydrogens is 305 g/mol. The van der Waals surface area contributed by atoms with Gasteiger partial charge in [-0.05, 0) is 47.5 Å². The smallest absolute Gasteiger partial charge is 0.214 e. The quantitative estimate of drug-likeness (QED) is 0.934. The Hall–Kier alpha value is -1.82. The molecule has 1 saturated carbocycles. The standard InChI is InChI=1S/C18H24FN5/c19-15-10-8-14(9-11-15)17(23-12-4-5-13-23)18-20-21-22-24(18)16-6-2-1-3-7-16/h8-11,16-17H,1-7,12-13H2/p+1/t17-/m0/s1. The summed E-state index contributed by atoms with van der Waals surface area (Å²) < 4.78 is 15.5. The minimum absolute atomic E-state index is 0.102. The molecule has 1 aromatic carbocycles. The average molecular weight is 330 g/mol. The van der Waals surface area contributed by atoms with E-state index in [0.29, 0.717) is 6.04 Å². The van der Waals surface area contributed by atoms with Gasteiger partial charge >= 0.3 is 0 Å². The molecule has 4 rings (SSSR count). The fourth-order valence-electron chi connectivity index (χ4n) is 4.32. The molecule has 1 saturated heterocycles. The number of rotatable bonds is 4. The lowest BCUT2D eigenvalue weighted by Crippen LogP contribution is -3.10. The minimum Gasteiger partial charge on any atom is -0.322 e. The van der Waals surface area contributed by atoms with Crippen LogP contribution in [-0.4, -0.2) is 33.3 Å². The van der Waals surface area contributed by atoms with Crippen molar-refractivity contribution in [2.75, 3.05) is 13.1 Å². The van der Waals surface area contributed by atoms with Crippen LogP contribution in [0.15, 0.2) is 24.3 Å². The van der Waals surface area contributed by atoms with Crippen molar-refractivity contribution in [1.82, 2.24) is 20.2 Å². The van der Waals surface area contributed by atoms with Crippen molar-refractivity contribution >= 4 is 0 Å². The Morgan fingerprint density at radius 2 is 1.71 bits per heavy atom. The Morgan fingerprint density at radius 1 is 1.00 bits per heavy atom. The van der Waals surface area contributed by atoms with Crippen molar-refractivity contribution in [3.63, 3.8) is 0 Å². The number of likely N-dealkylation sites (tertiary alicyclic amines) is 1. The number of nitrogens with zero attached hydrogens (tertiary/aromatic N) is 4. The van der Waals surface area contributed by atoms with Gasteiger partial charge in [-0.1, -0.05) is 19.3 Å². The summed E-state index contributed by atoms with van der Waals surface area (Å²) in [4.78, 5) is 1.49. The van der Waals surface area contributed by atoms with Crippen molar-refractivity contribution in [3.8, 4) is 0 Å². The maximum Gasteiger partial charge on any atom is 0.214 e. The van der Waals surface area contributed by atoms with E-state index in [4.69, 9.17) is 0 Å². The summed E-state index contributed by atoms with van der Waals surface area (Å²) in [6, 6.07) is 7.40. The molecule has 2 aliphatic rings. The van der Waals surface area contributed by atoms with Gasteiger partial charge in [0.1, 0.15) is 5.82 Å². The van der Waals surface area contributed by atoms with E-state index in [0.717, 1.165) is 37.3 Å². The first-order valence-corrected chi connectivity index (χ1v) is 9.21. The van der Waals surface area contributed by atoms with Gasteiger partial charge in [0.15, 0.2) is 6.04 Å². The molecule has 6 heteroatoms. The van der Waals surface area contributed by atoms with Crippen LogP contribution in [0, 0.1) is 5.82 Å². The first-order valence-electron chi connectivity index (χ1n) is 9.21. The second-order valence-electron chi connectivity index (χ2n) is 7.12. The van der Waals surface area contributed by atoms with E-state index in [-0.39, 0.29) is 11.9 Å². The molecule has 0 amide bonds. The number of nitrogens with one attached hydrogen (secondary N) is 1. The molecule has 5 nitrogen and oxygen atoms in total. The van der Waals surface area contributed by atoms with Gasteiger partial charge in [0.25, 0.3) is 0 Å². The second-order valence-corrected chi connectivity index (χ2v) is 7.12. The first kappa shape index (κ1) is 15.7. The average Bonchev–Trinajstić information content (AvgIpc) is 3.30. The molecule has 128 valence electrons. The third-order valence-electron chi connectivity index (χ3n) is 5.55. The Bertz CT molecular complexity index is 656. The minimum atomic E-state index is -0.194. The Kier molecular flexibility index (Phi) is 4.56. The van der Waals surface area contributed by atoms with Gasteiger partial charge in [-0.15, -0.1) is 5.10 Å². The summed E-state index contributed by atoms with van der Waals surface area (Å²) in [5.41, 5.74) is 1.11. The number of quaternary nitrogens is 1. The molecular formula is C18H25FN5+. The fourth-order valence-corrected chi connectivity index (χ4v) is 4.32. The number of benzene rings is 1. The van der Waals surface area contributed by atoms with E-state index in [1.165, 1.54) is 37.0 Å². The molecule has 2 heterocycles. The van der Waals surface area contributed by atoms with Gasteiger partial charge in [0.2, 0.25) is 5.82 Å². The van der Waals surface area contributed by atoms with Crippen LogP contribution in [0.1, 0.15) is 68.4 Å². The lowest BCUT2D eigenvalue weighted by molar-refractivity contribution is -0.914. The molecule has 1 aliphatic carbocycles.